The van der Waals surface area contributed by atoms with Gasteiger partial charge in [0.05, 0.1) is 6.61 Å². The number of rotatable bonds is 15. The summed E-state index contributed by atoms with van der Waals surface area (Å²) in [6.07, 6.45) is 10.6. The summed E-state index contributed by atoms with van der Waals surface area (Å²) < 4.78 is 11.8. The maximum Gasteiger partial charge on any atom is 0.411 e. The summed E-state index contributed by atoms with van der Waals surface area (Å²) in [6.45, 7) is 12.9. The molecule has 1 atom stereocenters. The molecule has 1 heterocycles. The number of likely N-dealkylation sites (N-methyl/N-ethyl adjacent to an activating group) is 1. The van der Waals surface area contributed by atoms with Gasteiger partial charge in [-0.05, 0) is 57.6 Å². The molecule has 1 aliphatic heterocycles. The molecule has 1 saturated heterocycles. The molecule has 188 valence electrons. The van der Waals surface area contributed by atoms with Crippen molar-refractivity contribution in [3.63, 3.8) is 0 Å². The van der Waals surface area contributed by atoms with Gasteiger partial charge in [-0.3, -0.25) is 10.2 Å². The molecule has 1 aromatic carbocycles. The van der Waals surface area contributed by atoms with Crippen molar-refractivity contribution in [2.75, 3.05) is 51.2 Å². The van der Waals surface area contributed by atoms with E-state index in [0.29, 0.717) is 12.3 Å². The number of unbranched alkanes of at least 4 members (excludes halogenated alkanes) is 4. The molecule has 0 aliphatic carbocycles. The monoisotopic (exact) mass is 461 g/mol. The normalized spacial score (nSPS) is 15.8. The first kappa shape index (κ1) is 27.5. The highest BCUT2D eigenvalue weighted by Crippen LogP contribution is 2.19. The fourth-order valence-corrected chi connectivity index (χ4v) is 4.37. The number of anilines is 1. The fraction of sp³-hybridized carbons (Fsp3) is 0.741. The van der Waals surface area contributed by atoms with Gasteiger partial charge in [0.25, 0.3) is 0 Å². The number of nitrogens with zero attached hydrogens (tertiary/aromatic N) is 2. The molecular weight excluding hydrogens is 414 g/mol. The average molecular weight is 462 g/mol. The van der Waals surface area contributed by atoms with Crippen LogP contribution in [0.25, 0.3) is 0 Å². The summed E-state index contributed by atoms with van der Waals surface area (Å²) >= 11 is 0. The molecule has 6 nitrogen and oxygen atoms in total. The summed E-state index contributed by atoms with van der Waals surface area (Å²) in [5, 5.41) is 2.91. The van der Waals surface area contributed by atoms with E-state index in [-0.39, 0.29) is 6.10 Å². The molecule has 1 fully saturated rings. The number of hydrogen-bond donors (Lipinski definition) is 1. The van der Waals surface area contributed by atoms with Gasteiger partial charge in [0.2, 0.25) is 0 Å². The second-order valence-corrected chi connectivity index (χ2v) is 9.14. The summed E-state index contributed by atoms with van der Waals surface area (Å²) in [4.78, 5) is 17.5. The van der Waals surface area contributed by atoms with Crippen molar-refractivity contribution in [2.45, 2.75) is 84.7 Å². The lowest BCUT2D eigenvalue weighted by Crippen LogP contribution is -2.43. The number of benzene rings is 1. The fourth-order valence-electron chi connectivity index (χ4n) is 4.37. The molecule has 33 heavy (non-hydrogen) atoms. The minimum absolute atomic E-state index is 0.148. The molecule has 0 aromatic heterocycles. The van der Waals surface area contributed by atoms with Crippen LogP contribution in [-0.4, -0.2) is 67.9 Å². The molecule has 0 bridgehead atoms. The van der Waals surface area contributed by atoms with E-state index in [1.54, 1.807) is 0 Å². The van der Waals surface area contributed by atoms with Crippen LogP contribution in [0.1, 0.15) is 78.6 Å². The third kappa shape index (κ3) is 11.8. The maximum atomic E-state index is 12.8. The van der Waals surface area contributed by atoms with Crippen molar-refractivity contribution < 1.29 is 14.3 Å². The van der Waals surface area contributed by atoms with Crippen LogP contribution in [0.4, 0.5) is 10.5 Å². The zero-order valence-corrected chi connectivity index (χ0v) is 21.3. The van der Waals surface area contributed by atoms with E-state index in [1.165, 1.54) is 51.4 Å². The number of carbonyl (C=O) groups excluding carboxylic acids is 1. The zero-order valence-electron chi connectivity index (χ0n) is 21.3. The number of amides is 1. The van der Waals surface area contributed by atoms with E-state index < -0.39 is 6.09 Å². The first-order chi connectivity index (χ1) is 16.1. The first-order valence-electron chi connectivity index (χ1n) is 13.3. The van der Waals surface area contributed by atoms with Gasteiger partial charge in [-0.15, -0.1) is 0 Å². The van der Waals surface area contributed by atoms with Crippen molar-refractivity contribution in [2.24, 2.45) is 0 Å². The molecule has 0 saturated carbocycles. The van der Waals surface area contributed by atoms with Crippen LogP contribution in [0.15, 0.2) is 24.3 Å². The van der Waals surface area contributed by atoms with E-state index >= 15 is 0 Å². The van der Waals surface area contributed by atoms with Gasteiger partial charge in [-0.25, -0.2) is 4.79 Å². The topological polar surface area (TPSA) is 54.0 Å². The molecule has 0 spiro atoms. The summed E-state index contributed by atoms with van der Waals surface area (Å²) in [7, 11) is 0. The summed E-state index contributed by atoms with van der Waals surface area (Å²) in [6, 6.07) is 7.60. The van der Waals surface area contributed by atoms with Gasteiger partial charge >= 0.3 is 6.09 Å². The lowest BCUT2D eigenvalue weighted by Gasteiger charge is -2.30. The summed E-state index contributed by atoms with van der Waals surface area (Å²) in [5.41, 5.74) is 0.708. The Morgan fingerprint density at radius 2 is 1.76 bits per heavy atom. The second kappa shape index (κ2) is 16.8. The summed E-state index contributed by atoms with van der Waals surface area (Å²) in [5.74, 6) is 0.785. The van der Waals surface area contributed by atoms with Gasteiger partial charge in [-0.1, -0.05) is 65.4 Å². The number of nitrogens with one attached hydrogen (secondary N) is 1. The Bertz CT molecular complexity index is 643. The Morgan fingerprint density at radius 3 is 2.45 bits per heavy atom. The van der Waals surface area contributed by atoms with E-state index in [1.807, 2.05) is 24.3 Å². The van der Waals surface area contributed by atoms with Crippen LogP contribution in [0.3, 0.4) is 0 Å². The average Bonchev–Trinajstić information content (AvgIpc) is 3.08. The van der Waals surface area contributed by atoms with Crippen LogP contribution in [0.5, 0.6) is 5.75 Å². The van der Waals surface area contributed by atoms with Crippen molar-refractivity contribution in [1.29, 1.82) is 0 Å². The molecule has 1 N–H and O–H groups in total. The third-order valence-electron chi connectivity index (χ3n) is 6.39. The van der Waals surface area contributed by atoms with Crippen molar-refractivity contribution >= 4 is 11.8 Å². The molecule has 0 radical (unpaired) electrons. The number of hydrogen-bond acceptors (Lipinski definition) is 5. The smallest absolute Gasteiger partial charge is 0.411 e. The molecular formula is C27H47N3O3. The Labute approximate surface area is 202 Å². The van der Waals surface area contributed by atoms with Gasteiger partial charge in [0.1, 0.15) is 11.9 Å². The number of ether oxygens (including phenoxy) is 2. The van der Waals surface area contributed by atoms with E-state index in [2.05, 4.69) is 35.9 Å². The number of likely N-dealkylation sites (tertiary alicyclic amines) is 1. The minimum atomic E-state index is -0.390. The Kier molecular flexibility index (Phi) is 13.9. The highest BCUT2D eigenvalue weighted by atomic mass is 16.6. The minimum Gasteiger partial charge on any atom is -0.494 e. The SMILES string of the molecule is CCCCCCCOc1cccc(NC(=O)OC(CN(CC)CC)CN2CCCCCC2)c1. The predicted molar refractivity (Wildman–Crippen MR) is 137 cm³/mol. The molecule has 1 aliphatic rings. The Balaban J connectivity index is 1.86. The van der Waals surface area contributed by atoms with Gasteiger partial charge in [0, 0.05) is 24.8 Å². The van der Waals surface area contributed by atoms with Crippen molar-refractivity contribution in [3.05, 3.63) is 24.3 Å². The highest BCUT2D eigenvalue weighted by molar-refractivity contribution is 5.85. The van der Waals surface area contributed by atoms with Crippen LogP contribution in [-0.2, 0) is 4.74 Å². The van der Waals surface area contributed by atoms with Gasteiger partial charge in [-0.2, -0.15) is 0 Å². The van der Waals surface area contributed by atoms with E-state index in [4.69, 9.17) is 9.47 Å². The largest absolute Gasteiger partial charge is 0.494 e. The van der Waals surface area contributed by atoms with Crippen LogP contribution < -0.4 is 10.1 Å². The predicted octanol–water partition coefficient (Wildman–Crippen LogP) is 6.17. The Morgan fingerprint density at radius 1 is 1.03 bits per heavy atom. The van der Waals surface area contributed by atoms with Crippen LogP contribution >= 0.6 is 0 Å². The molecule has 1 amide bonds. The molecule has 1 unspecified atom stereocenters. The highest BCUT2D eigenvalue weighted by Gasteiger charge is 2.21. The number of carbonyl (C=O) groups is 1. The molecule has 6 heteroatoms. The van der Waals surface area contributed by atoms with Crippen molar-refractivity contribution in [1.82, 2.24) is 9.80 Å². The Hall–Kier alpha value is -1.79. The van der Waals surface area contributed by atoms with Gasteiger partial charge < -0.3 is 14.4 Å². The van der Waals surface area contributed by atoms with E-state index in [9.17, 15) is 4.79 Å². The van der Waals surface area contributed by atoms with E-state index in [0.717, 1.165) is 51.4 Å². The lowest BCUT2D eigenvalue weighted by molar-refractivity contribution is 0.0558. The van der Waals surface area contributed by atoms with Gasteiger partial charge in [0.15, 0.2) is 0 Å². The molecule has 2 rings (SSSR count). The molecule has 1 aromatic rings. The first-order valence-corrected chi connectivity index (χ1v) is 13.3. The van der Waals surface area contributed by atoms with Crippen LogP contribution in [0, 0.1) is 0 Å². The quantitative estimate of drug-likeness (QED) is 0.317. The maximum absolute atomic E-state index is 12.8. The standard InChI is InChI=1S/C27H47N3O3/c1-4-7-8-11-14-20-32-25-17-15-16-24(21-25)28-27(31)33-26(22-29(5-2)6-3)23-30-18-12-9-10-13-19-30/h15-17,21,26H,4-14,18-20,22-23H2,1-3H3,(H,28,31). The second-order valence-electron chi connectivity index (χ2n) is 9.14. The lowest BCUT2D eigenvalue weighted by atomic mass is 10.2. The third-order valence-corrected chi connectivity index (χ3v) is 6.39. The van der Waals surface area contributed by atoms with Crippen LogP contribution in [0.2, 0.25) is 0 Å². The van der Waals surface area contributed by atoms with Crippen molar-refractivity contribution in [3.8, 4) is 5.75 Å². The zero-order chi connectivity index (χ0) is 23.7.